The number of amides is 2. The summed E-state index contributed by atoms with van der Waals surface area (Å²) in [4.78, 5) is 11.8. The lowest BCUT2D eigenvalue weighted by atomic mass is 9.96. The molecule has 1 atom stereocenters. The molecule has 1 unspecified atom stereocenters. The molecule has 0 aromatic heterocycles. The average Bonchev–Trinajstić information content (AvgIpc) is 2.52. The van der Waals surface area contributed by atoms with Crippen LogP contribution in [0.5, 0.6) is 0 Å². The highest BCUT2D eigenvalue weighted by molar-refractivity contribution is 5.73. The molecule has 0 fully saturated rings. The van der Waals surface area contributed by atoms with Crippen LogP contribution in [0.15, 0.2) is 54.6 Å². The number of aliphatic hydroxyl groups is 1. The first-order valence-electron chi connectivity index (χ1n) is 7.01. The van der Waals surface area contributed by atoms with Crippen LogP contribution in [-0.2, 0) is 12.1 Å². The molecule has 0 saturated heterocycles. The van der Waals surface area contributed by atoms with Gasteiger partial charge in [0.15, 0.2) is 0 Å². The average molecular weight is 302 g/mol. The van der Waals surface area contributed by atoms with E-state index in [0.29, 0.717) is 12.1 Å². The lowest BCUT2D eigenvalue weighted by Gasteiger charge is -2.24. The van der Waals surface area contributed by atoms with E-state index >= 15 is 0 Å². The summed E-state index contributed by atoms with van der Waals surface area (Å²) in [6, 6.07) is 14.7. The van der Waals surface area contributed by atoms with Gasteiger partial charge in [-0.25, -0.2) is 9.18 Å². The molecule has 0 spiro atoms. The van der Waals surface area contributed by atoms with Crippen molar-refractivity contribution < 1.29 is 14.3 Å². The molecule has 0 aliphatic rings. The van der Waals surface area contributed by atoms with Crippen molar-refractivity contribution in [2.24, 2.45) is 0 Å². The molecule has 0 radical (unpaired) electrons. The van der Waals surface area contributed by atoms with Crippen LogP contribution in [0.3, 0.4) is 0 Å². The van der Waals surface area contributed by atoms with Gasteiger partial charge in [0.05, 0.1) is 6.54 Å². The van der Waals surface area contributed by atoms with Crippen LogP contribution in [0, 0.1) is 5.82 Å². The Labute approximate surface area is 129 Å². The van der Waals surface area contributed by atoms with Crippen LogP contribution < -0.4 is 10.6 Å². The molecule has 0 heterocycles. The van der Waals surface area contributed by atoms with E-state index in [1.807, 2.05) is 30.3 Å². The van der Waals surface area contributed by atoms with Gasteiger partial charge in [-0.05, 0) is 30.2 Å². The van der Waals surface area contributed by atoms with Crippen LogP contribution in [-0.4, -0.2) is 17.7 Å². The van der Waals surface area contributed by atoms with Crippen molar-refractivity contribution in [1.82, 2.24) is 10.6 Å². The van der Waals surface area contributed by atoms with Crippen LogP contribution in [0.4, 0.5) is 9.18 Å². The lowest BCUT2D eigenvalue weighted by molar-refractivity contribution is 0.0593. The summed E-state index contributed by atoms with van der Waals surface area (Å²) < 4.78 is 12.9. The maximum absolute atomic E-state index is 12.9. The summed E-state index contributed by atoms with van der Waals surface area (Å²) >= 11 is 0. The minimum absolute atomic E-state index is 0.0270. The third-order valence-electron chi connectivity index (χ3n) is 3.36. The highest BCUT2D eigenvalue weighted by Crippen LogP contribution is 2.19. The van der Waals surface area contributed by atoms with Gasteiger partial charge in [0.1, 0.15) is 11.4 Å². The summed E-state index contributed by atoms with van der Waals surface area (Å²) in [7, 11) is 0. The quantitative estimate of drug-likeness (QED) is 0.795. The Kier molecular flexibility index (Phi) is 5.12. The van der Waals surface area contributed by atoms with Crippen molar-refractivity contribution in [2.75, 3.05) is 6.54 Å². The first kappa shape index (κ1) is 16.0. The molecule has 0 saturated carbocycles. The molecule has 22 heavy (non-hydrogen) atoms. The van der Waals surface area contributed by atoms with Gasteiger partial charge in [0.2, 0.25) is 0 Å². The third-order valence-corrected chi connectivity index (χ3v) is 3.36. The summed E-state index contributed by atoms with van der Waals surface area (Å²) in [5.41, 5.74) is 0.262. The fourth-order valence-corrected chi connectivity index (χ4v) is 2.00. The molecule has 0 bridgehead atoms. The first-order valence-corrected chi connectivity index (χ1v) is 7.01. The molecule has 116 valence electrons. The molecular weight excluding hydrogens is 283 g/mol. The van der Waals surface area contributed by atoms with Gasteiger partial charge in [-0.15, -0.1) is 0 Å². The van der Waals surface area contributed by atoms with Crippen LogP contribution in [0.1, 0.15) is 18.1 Å². The summed E-state index contributed by atoms with van der Waals surface area (Å²) in [6.07, 6.45) is 0. The zero-order valence-corrected chi connectivity index (χ0v) is 12.3. The Morgan fingerprint density at radius 1 is 1.09 bits per heavy atom. The van der Waals surface area contributed by atoms with Crippen molar-refractivity contribution >= 4 is 6.03 Å². The molecule has 5 heteroatoms. The Morgan fingerprint density at radius 3 is 2.36 bits per heavy atom. The number of carbonyl (C=O) groups is 1. The molecule has 2 amide bonds. The van der Waals surface area contributed by atoms with Crippen LogP contribution in [0.2, 0.25) is 0 Å². The predicted molar refractivity (Wildman–Crippen MR) is 82.7 cm³/mol. The van der Waals surface area contributed by atoms with E-state index in [0.717, 1.165) is 5.56 Å². The van der Waals surface area contributed by atoms with E-state index in [4.69, 9.17) is 0 Å². The number of urea groups is 1. The molecule has 2 aromatic carbocycles. The fourth-order valence-electron chi connectivity index (χ4n) is 2.00. The van der Waals surface area contributed by atoms with Gasteiger partial charge in [0, 0.05) is 6.54 Å². The second-order valence-electron chi connectivity index (χ2n) is 5.30. The van der Waals surface area contributed by atoms with Crippen molar-refractivity contribution in [3.63, 3.8) is 0 Å². The number of benzene rings is 2. The Bertz CT molecular complexity index is 612. The maximum Gasteiger partial charge on any atom is 0.315 e. The van der Waals surface area contributed by atoms with Crippen molar-refractivity contribution in [1.29, 1.82) is 0 Å². The molecular formula is C17H19FN2O2. The molecule has 0 aliphatic heterocycles. The summed E-state index contributed by atoms with van der Waals surface area (Å²) in [5, 5.41) is 15.7. The van der Waals surface area contributed by atoms with Gasteiger partial charge >= 0.3 is 6.03 Å². The summed E-state index contributed by atoms with van der Waals surface area (Å²) in [6.45, 7) is 2.00. The van der Waals surface area contributed by atoms with E-state index in [1.54, 1.807) is 6.92 Å². The van der Waals surface area contributed by atoms with Crippen molar-refractivity contribution in [2.45, 2.75) is 19.1 Å². The highest BCUT2D eigenvalue weighted by atomic mass is 19.1. The van der Waals surface area contributed by atoms with E-state index in [1.165, 1.54) is 24.3 Å². The van der Waals surface area contributed by atoms with E-state index < -0.39 is 5.60 Å². The highest BCUT2D eigenvalue weighted by Gasteiger charge is 2.23. The van der Waals surface area contributed by atoms with E-state index in [-0.39, 0.29) is 18.4 Å². The van der Waals surface area contributed by atoms with E-state index in [2.05, 4.69) is 10.6 Å². The predicted octanol–water partition coefficient (Wildman–Crippen LogP) is 2.53. The molecule has 3 N–H and O–H groups in total. The van der Waals surface area contributed by atoms with Crippen molar-refractivity contribution in [3.8, 4) is 0 Å². The van der Waals surface area contributed by atoms with Gasteiger partial charge in [-0.1, -0.05) is 42.5 Å². The minimum Gasteiger partial charge on any atom is -0.384 e. The lowest BCUT2D eigenvalue weighted by Crippen LogP contribution is -2.43. The van der Waals surface area contributed by atoms with Gasteiger partial charge in [-0.3, -0.25) is 0 Å². The number of hydrogen-bond acceptors (Lipinski definition) is 2. The fraction of sp³-hybridized carbons (Fsp3) is 0.235. The number of nitrogens with one attached hydrogen (secondary N) is 2. The van der Waals surface area contributed by atoms with Crippen LogP contribution >= 0.6 is 0 Å². The Balaban J connectivity index is 1.83. The standard InChI is InChI=1S/C17H19FN2O2/c1-17(22,14-7-9-15(18)10-8-14)12-20-16(21)19-11-13-5-3-2-4-6-13/h2-10,22H,11-12H2,1H3,(H2,19,20,21). The van der Waals surface area contributed by atoms with Crippen molar-refractivity contribution in [3.05, 3.63) is 71.5 Å². The minimum atomic E-state index is -1.27. The number of carbonyl (C=O) groups excluding carboxylic acids is 1. The largest absolute Gasteiger partial charge is 0.384 e. The second kappa shape index (κ2) is 7.04. The number of rotatable bonds is 5. The zero-order valence-electron chi connectivity index (χ0n) is 12.3. The third kappa shape index (κ3) is 4.56. The maximum atomic E-state index is 12.9. The monoisotopic (exact) mass is 302 g/mol. The Morgan fingerprint density at radius 2 is 1.73 bits per heavy atom. The number of hydrogen-bond donors (Lipinski definition) is 3. The van der Waals surface area contributed by atoms with Gasteiger partial charge < -0.3 is 15.7 Å². The van der Waals surface area contributed by atoms with Gasteiger partial charge in [0.25, 0.3) is 0 Å². The Hall–Kier alpha value is -2.40. The number of halogens is 1. The molecule has 0 aliphatic carbocycles. The molecule has 4 nitrogen and oxygen atoms in total. The SMILES string of the molecule is CC(O)(CNC(=O)NCc1ccccc1)c1ccc(F)cc1. The topological polar surface area (TPSA) is 61.4 Å². The normalized spacial score (nSPS) is 13.2. The smallest absolute Gasteiger partial charge is 0.315 e. The summed E-state index contributed by atoms with van der Waals surface area (Å²) in [5.74, 6) is -0.367. The second-order valence-corrected chi connectivity index (χ2v) is 5.30. The van der Waals surface area contributed by atoms with Crippen LogP contribution in [0.25, 0.3) is 0 Å². The molecule has 2 aromatic rings. The zero-order chi connectivity index (χ0) is 16.0. The van der Waals surface area contributed by atoms with E-state index in [9.17, 15) is 14.3 Å². The molecule has 2 rings (SSSR count). The van der Waals surface area contributed by atoms with Gasteiger partial charge in [-0.2, -0.15) is 0 Å². The first-order chi connectivity index (χ1) is 10.5.